The zero-order valence-electron chi connectivity index (χ0n) is 20.7. The topological polar surface area (TPSA) is 51.4 Å². The molecule has 0 spiro atoms. The average molecular weight is 474 g/mol. The zero-order valence-corrected chi connectivity index (χ0v) is 20.7. The molecule has 4 nitrogen and oxygen atoms in total. The normalized spacial score (nSPS) is 19.4. The summed E-state index contributed by atoms with van der Waals surface area (Å²) >= 11 is 0. The smallest absolute Gasteiger partial charge is 0.112 e. The van der Waals surface area contributed by atoms with Gasteiger partial charge < -0.3 is 10.5 Å². The van der Waals surface area contributed by atoms with Crippen LogP contribution in [0.3, 0.4) is 0 Å². The Hall–Kier alpha value is -3.18. The first-order valence-corrected chi connectivity index (χ1v) is 12.6. The van der Waals surface area contributed by atoms with E-state index in [4.69, 9.17) is 10.5 Å². The van der Waals surface area contributed by atoms with Crippen LogP contribution in [0, 0.1) is 0 Å². The molecule has 2 aliphatic rings. The molecule has 1 fully saturated rings. The molecule has 0 bridgehead atoms. The predicted octanol–water partition coefficient (Wildman–Crippen LogP) is 6.38. The molecule has 2 heterocycles. The van der Waals surface area contributed by atoms with Gasteiger partial charge in [-0.25, -0.2) is 0 Å². The fraction of sp³-hybridized carbons (Fsp3) is 0.367. The molecule has 35 heavy (non-hydrogen) atoms. The highest BCUT2D eigenvalue weighted by atomic mass is 19.1. The van der Waals surface area contributed by atoms with E-state index in [-0.39, 0.29) is 12.8 Å². The van der Waals surface area contributed by atoms with E-state index in [1.54, 1.807) is 0 Å². The van der Waals surface area contributed by atoms with Crippen molar-refractivity contribution in [2.75, 3.05) is 32.0 Å². The van der Waals surface area contributed by atoms with Gasteiger partial charge in [-0.15, -0.1) is 0 Å². The molecular formula is C30H36FN3O. The lowest BCUT2D eigenvalue weighted by Crippen LogP contribution is -2.24. The van der Waals surface area contributed by atoms with Crippen LogP contribution in [0.1, 0.15) is 49.3 Å². The summed E-state index contributed by atoms with van der Waals surface area (Å²) in [5.41, 5.74) is 14.1. The van der Waals surface area contributed by atoms with Gasteiger partial charge in [0.05, 0.1) is 12.4 Å². The van der Waals surface area contributed by atoms with Gasteiger partial charge in [0.25, 0.3) is 0 Å². The molecule has 0 radical (unpaired) electrons. The summed E-state index contributed by atoms with van der Waals surface area (Å²) in [5.74, 6) is 0.874. The number of fused-ring (bicyclic) bond motifs is 1. The number of halogens is 1. The van der Waals surface area contributed by atoms with Gasteiger partial charge in [-0.05, 0) is 103 Å². The molecule has 2 aromatic rings. The van der Waals surface area contributed by atoms with Crippen molar-refractivity contribution in [3.8, 4) is 0 Å². The first kappa shape index (κ1) is 24.9. The minimum atomic E-state index is -0.261. The molecule has 2 N–H and O–H groups in total. The third kappa shape index (κ3) is 6.29. The second-order valence-corrected chi connectivity index (χ2v) is 9.33. The van der Waals surface area contributed by atoms with E-state index < -0.39 is 0 Å². The van der Waals surface area contributed by atoms with Crippen LogP contribution in [0.2, 0.25) is 0 Å². The molecule has 4 rings (SSSR count). The number of pyridine rings is 1. The van der Waals surface area contributed by atoms with Gasteiger partial charge in [-0.3, -0.25) is 14.3 Å². The molecule has 1 aliphatic heterocycles. The first-order valence-electron chi connectivity index (χ1n) is 12.6. The van der Waals surface area contributed by atoms with Gasteiger partial charge in [-0.2, -0.15) is 0 Å². The Morgan fingerprint density at radius 3 is 2.83 bits per heavy atom. The van der Waals surface area contributed by atoms with E-state index in [9.17, 15) is 4.39 Å². The number of nitrogens with two attached hydrogens (primary N) is 1. The van der Waals surface area contributed by atoms with E-state index in [1.807, 2.05) is 37.5 Å². The maximum atomic E-state index is 12.5. The Bertz CT molecular complexity index is 1120. The third-order valence-electron chi connectivity index (χ3n) is 6.80. The third-order valence-corrected chi connectivity index (χ3v) is 6.80. The van der Waals surface area contributed by atoms with Crippen molar-refractivity contribution in [3.05, 3.63) is 95.6 Å². The Morgan fingerprint density at radius 2 is 2.06 bits per heavy atom. The Kier molecular flexibility index (Phi) is 8.54. The highest BCUT2D eigenvalue weighted by molar-refractivity contribution is 6.01. The van der Waals surface area contributed by atoms with Crippen LogP contribution in [-0.2, 0) is 11.2 Å². The summed E-state index contributed by atoms with van der Waals surface area (Å²) in [6, 6.07) is 10.4. The van der Waals surface area contributed by atoms with Crippen LogP contribution in [0.4, 0.5) is 10.1 Å². The first-order chi connectivity index (χ1) is 17.1. The average Bonchev–Trinajstić information content (AvgIpc) is 3.23. The van der Waals surface area contributed by atoms with E-state index in [0.29, 0.717) is 6.42 Å². The summed E-state index contributed by atoms with van der Waals surface area (Å²) in [6.45, 7) is 8.52. The number of allylic oxidation sites excluding steroid dienone is 7. The molecule has 1 saturated heterocycles. The number of hydrogen-bond acceptors (Lipinski definition) is 4. The van der Waals surface area contributed by atoms with Crippen LogP contribution in [-0.4, -0.2) is 42.3 Å². The molecule has 1 aromatic heterocycles. The van der Waals surface area contributed by atoms with Crippen LogP contribution < -0.4 is 5.73 Å². The number of rotatable bonds is 9. The van der Waals surface area contributed by atoms with Crippen LogP contribution in [0.5, 0.6) is 0 Å². The molecule has 0 unspecified atom stereocenters. The maximum absolute atomic E-state index is 12.5. The Balaban J connectivity index is 1.65. The number of benzene rings is 1. The number of aryl methyl sites for hydroxylation is 1. The van der Waals surface area contributed by atoms with Crippen molar-refractivity contribution in [2.45, 2.75) is 45.1 Å². The fourth-order valence-electron chi connectivity index (χ4n) is 5.12. The largest absolute Gasteiger partial charge is 0.494 e. The van der Waals surface area contributed by atoms with Crippen LogP contribution >= 0.6 is 0 Å². The van der Waals surface area contributed by atoms with Gasteiger partial charge in [0.2, 0.25) is 0 Å². The quantitative estimate of drug-likeness (QED) is 0.261. The lowest BCUT2D eigenvalue weighted by molar-refractivity contribution is 0.121. The lowest BCUT2D eigenvalue weighted by Gasteiger charge is -2.18. The molecule has 0 amide bonds. The van der Waals surface area contributed by atoms with Crippen molar-refractivity contribution in [1.82, 2.24) is 9.88 Å². The van der Waals surface area contributed by atoms with Gasteiger partial charge >= 0.3 is 0 Å². The van der Waals surface area contributed by atoms with E-state index in [0.717, 1.165) is 62.3 Å². The highest BCUT2D eigenvalue weighted by Crippen LogP contribution is 2.40. The monoisotopic (exact) mass is 473 g/mol. The molecule has 184 valence electrons. The minimum Gasteiger partial charge on any atom is -0.494 e. The predicted molar refractivity (Wildman–Crippen MR) is 143 cm³/mol. The Morgan fingerprint density at radius 1 is 1.23 bits per heavy atom. The zero-order chi connectivity index (χ0) is 24.6. The van der Waals surface area contributed by atoms with Gasteiger partial charge in [-0.1, -0.05) is 24.8 Å². The van der Waals surface area contributed by atoms with E-state index >= 15 is 0 Å². The molecular weight excluding hydrogens is 437 g/mol. The summed E-state index contributed by atoms with van der Waals surface area (Å²) in [4.78, 5) is 6.50. The van der Waals surface area contributed by atoms with Crippen LogP contribution in [0.15, 0.2) is 78.9 Å². The van der Waals surface area contributed by atoms with Gasteiger partial charge in [0.1, 0.15) is 6.10 Å². The number of nitrogen functional groups attached to an aromatic ring is 1. The van der Waals surface area contributed by atoms with Crippen molar-refractivity contribution >= 4 is 16.8 Å². The van der Waals surface area contributed by atoms with Crippen molar-refractivity contribution < 1.29 is 9.13 Å². The van der Waals surface area contributed by atoms with Gasteiger partial charge in [0.15, 0.2) is 0 Å². The summed E-state index contributed by atoms with van der Waals surface area (Å²) in [6.07, 6.45) is 14.5. The number of hydrogen-bond donors (Lipinski definition) is 1. The summed E-state index contributed by atoms with van der Waals surface area (Å²) in [5, 5.41) is 0. The number of nitrogens with zero attached hydrogens (tertiary/aromatic N) is 2. The molecule has 1 aliphatic carbocycles. The standard InChI is InChI=1S/C30H36FN3O/c1-3-23(9-8-22(2)35-27-14-19-34(21-27)18-5-15-31)30-28(24-12-16-33-17-13-24)7-4-6-25-20-26(32)10-11-29(25)30/h3,8-13,16-17,20,27H,1,4-7,14-15,18-19,21,32H2,2H3/b22-8+,23-9+/t27-/m0/s1. The minimum absolute atomic E-state index is 0.152. The summed E-state index contributed by atoms with van der Waals surface area (Å²) in [7, 11) is 0. The van der Waals surface area contributed by atoms with Crippen LogP contribution in [0.25, 0.3) is 11.1 Å². The van der Waals surface area contributed by atoms with Gasteiger partial charge in [0, 0.05) is 37.7 Å². The number of aromatic nitrogens is 1. The van der Waals surface area contributed by atoms with Crippen molar-refractivity contribution in [3.63, 3.8) is 0 Å². The number of ether oxygens (including phenoxy) is 1. The van der Waals surface area contributed by atoms with E-state index in [1.165, 1.54) is 27.8 Å². The highest BCUT2D eigenvalue weighted by Gasteiger charge is 2.24. The second kappa shape index (κ2) is 12.0. The van der Waals surface area contributed by atoms with Crippen molar-refractivity contribution in [2.24, 2.45) is 0 Å². The molecule has 0 saturated carbocycles. The Labute approximate surface area is 208 Å². The van der Waals surface area contributed by atoms with E-state index in [2.05, 4.69) is 46.8 Å². The summed E-state index contributed by atoms with van der Waals surface area (Å²) < 4.78 is 18.7. The van der Waals surface area contributed by atoms with Crippen molar-refractivity contribution in [1.29, 1.82) is 0 Å². The number of likely N-dealkylation sites (tertiary alicyclic amines) is 1. The number of alkyl halides is 1. The lowest BCUT2D eigenvalue weighted by atomic mass is 9.87. The fourth-order valence-corrected chi connectivity index (χ4v) is 5.12. The second-order valence-electron chi connectivity index (χ2n) is 9.33. The SMILES string of the molecule is C=C/C(=C\C=C(/C)O[C@H]1CCN(CCCF)C1)C1=C(c2ccncc2)CCCc2cc(N)ccc21. The molecule has 5 heteroatoms. The maximum Gasteiger partial charge on any atom is 0.112 e. The molecule has 1 atom stereocenters. The number of anilines is 1. The molecule has 1 aromatic carbocycles.